The number of alkyl halides is 1. The first kappa shape index (κ1) is 16.9. The SMILES string of the molecule is CCCCCCCCCCSc1ncc(CCl)n1C. The van der Waals surface area contributed by atoms with Crippen molar-refractivity contribution >= 4 is 23.4 Å². The zero-order valence-corrected chi connectivity index (χ0v) is 13.9. The molecular formula is C15H27ClN2S. The van der Waals surface area contributed by atoms with Gasteiger partial charge in [-0.1, -0.05) is 63.6 Å². The van der Waals surface area contributed by atoms with Crippen LogP contribution in [0.2, 0.25) is 0 Å². The molecule has 0 aliphatic rings. The highest BCUT2D eigenvalue weighted by Crippen LogP contribution is 2.20. The van der Waals surface area contributed by atoms with Gasteiger partial charge in [-0.2, -0.15) is 0 Å². The molecule has 1 aromatic rings. The van der Waals surface area contributed by atoms with Crippen molar-refractivity contribution in [1.82, 2.24) is 9.55 Å². The van der Waals surface area contributed by atoms with Gasteiger partial charge in [0.2, 0.25) is 0 Å². The van der Waals surface area contributed by atoms with Crippen molar-refractivity contribution in [3.8, 4) is 0 Å². The summed E-state index contributed by atoms with van der Waals surface area (Å²) >= 11 is 7.68. The van der Waals surface area contributed by atoms with E-state index in [2.05, 4.69) is 16.5 Å². The van der Waals surface area contributed by atoms with Gasteiger partial charge in [0.1, 0.15) is 0 Å². The lowest BCUT2D eigenvalue weighted by atomic mass is 10.1. The second-order valence-corrected chi connectivity index (χ2v) is 6.38. The van der Waals surface area contributed by atoms with Crippen molar-refractivity contribution in [2.45, 2.75) is 69.3 Å². The van der Waals surface area contributed by atoms with Crippen LogP contribution in [-0.2, 0) is 12.9 Å². The van der Waals surface area contributed by atoms with E-state index in [4.69, 9.17) is 11.6 Å². The third-order valence-electron chi connectivity index (χ3n) is 3.41. The van der Waals surface area contributed by atoms with Crippen LogP contribution in [-0.4, -0.2) is 15.3 Å². The molecule has 0 saturated heterocycles. The summed E-state index contributed by atoms with van der Waals surface area (Å²) < 4.78 is 2.10. The van der Waals surface area contributed by atoms with E-state index in [1.54, 1.807) is 0 Å². The van der Waals surface area contributed by atoms with Crippen molar-refractivity contribution in [3.63, 3.8) is 0 Å². The normalized spacial score (nSPS) is 11.1. The first-order valence-corrected chi connectivity index (χ1v) is 9.01. The second kappa shape index (κ2) is 10.6. The zero-order valence-electron chi connectivity index (χ0n) is 12.3. The zero-order chi connectivity index (χ0) is 13.9. The van der Waals surface area contributed by atoms with Gasteiger partial charge >= 0.3 is 0 Å². The Morgan fingerprint density at radius 3 is 2.32 bits per heavy atom. The maximum atomic E-state index is 5.83. The molecule has 0 aliphatic carbocycles. The van der Waals surface area contributed by atoms with Gasteiger partial charge in [-0.05, 0) is 6.42 Å². The molecule has 0 bridgehead atoms. The Morgan fingerprint density at radius 2 is 1.74 bits per heavy atom. The van der Waals surface area contributed by atoms with Gasteiger partial charge in [-0.15, -0.1) is 11.6 Å². The maximum absolute atomic E-state index is 5.83. The van der Waals surface area contributed by atoms with Gasteiger partial charge in [0.05, 0.1) is 17.8 Å². The molecule has 2 nitrogen and oxygen atoms in total. The molecule has 0 aliphatic heterocycles. The highest BCUT2D eigenvalue weighted by atomic mass is 35.5. The van der Waals surface area contributed by atoms with Crippen LogP contribution in [0.3, 0.4) is 0 Å². The highest BCUT2D eigenvalue weighted by Gasteiger charge is 2.05. The predicted octanol–water partition coefficient (Wildman–Crippen LogP) is 5.39. The van der Waals surface area contributed by atoms with Crippen LogP contribution in [0, 0.1) is 0 Å². The van der Waals surface area contributed by atoms with E-state index >= 15 is 0 Å². The van der Waals surface area contributed by atoms with E-state index in [0.717, 1.165) is 10.9 Å². The number of aromatic nitrogens is 2. The van der Waals surface area contributed by atoms with Crippen molar-refractivity contribution in [2.24, 2.45) is 7.05 Å². The predicted molar refractivity (Wildman–Crippen MR) is 86.1 cm³/mol. The fourth-order valence-electron chi connectivity index (χ4n) is 2.08. The standard InChI is InChI=1S/C15H27ClN2S/c1-3-4-5-6-7-8-9-10-11-19-15-17-13-14(12-16)18(15)2/h13H,3-12H2,1-2H3. The molecule has 0 radical (unpaired) electrons. The van der Waals surface area contributed by atoms with Gasteiger partial charge < -0.3 is 4.57 Å². The molecule has 1 aromatic heterocycles. The van der Waals surface area contributed by atoms with E-state index in [-0.39, 0.29) is 0 Å². The van der Waals surface area contributed by atoms with E-state index < -0.39 is 0 Å². The number of imidazole rings is 1. The smallest absolute Gasteiger partial charge is 0.167 e. The summed E-state index contributed by atoms with van der Waals surface area (Å²) in [7, 11) is 2.04. The molecule has 1 rings (SSSR count). The van der Waals surface area contributed by atoms with Crippen molar-refractivity contribution in [2.75, 3.05) is 5.75 Å². The summed E-state index contributed by atoms with van der Waals surface area (Å²) in [4.78, 5) is 4.40. The Morgan fingerprint density at radius 1 is 1.11 bits per heavy atom. The monoisotopic (exact) mass is 302 g/mol. The van der Waals surface area contributed by atoms with Crippen LogP contribution < -0.4 is 0 Å². The lowest BCUT2D eigenvalue weighted by Crippen LogP contribution is -1.96. The minimum atomic E-state index is 0.543. The van der Waals surface area contributed by atoms with Crippen LogP contribution in [0.1, 0.15) is 64.0 Å². The van der Waals surface area contributed by atoms with Crippen LogP contribution >= 0.6 is 23.4 Å². The summed E-state index contributed by atoms with van der Waals surface area (Å²) in [5, 5.41) is 1.10. The van der Waals surface area contributed by atoms with E-state index in [9.17, 15) is 0 Å². The number of nitrogens with zero attached hydrogens (tertiary/aromatic N) is 2. The van der Waals surface area contributed by atoms with Crippen LogP contribution in [0.4, 0.5) is 0 Å². The van der Waals surface area contributed by atoms with Crippen LogP contribution in [0.5, 0.6) is 0 Å². The molecule has 0 saturated carbocycles. The van der Waals surface area contributed by atoms with Gasteiger partial charge in [0, 0.05) is 12.8 Å². The number of hydrogen-bond acceptors (Lipinski definition) is 2. The molecule has 0 unspecified atom stereocenters. The average Bonchev–Trinajstić information content (AvgIpc) is 2.78. The van der Waals surface area contributed by atoms with Gasteiger partial charge in [-0.3, -0.25) is 0 Å². The average molecular weight is 303 g/mol. The number of hydrogen-bond donors (Lipinski definition) is 0. The summed E-state index contributed by atoms with van der Waals surface area (Å²) in [6, 6.07) is 0. The molecule has 4 heteroatoms. The minimum Gasteiger partial charge on any atom is -0.325 e. The minimum absolute atomic E-state index is 0.543. The van der Waals surface area contributed by atoms with Crippen molar-refractivity contribution < 1.29 is 0 Å². The first-order valence-electron chi connectivity index (χ1n) is 7.49. The summed E-state index contributed by atoms with van der Waals surface area (Å²) in [6.45, 7) is 2.27. The van der Waals surface area contributed by atoms with E-state index in [0.29, 0.717) is 5.88 Å². The number of unbranched alkanes of at least 4 members (excludes halogenated alkanes) is 7. The van der Waals surface area contributed by atoms with Gasteiger partial charge in [-0.25, -0.2) is 4.98 Å². The third kappa shape index (κ3) is 6.71. The molecule has 1 heterocycles. The number of thioether (sulfide) groups is 1. The quantitative estimate of drug-likeness (QED) is 0.310. The molecule has 19 heavy (non-hydrogen) atoms. The Labute approximate surface area is 127 Å². The second-order valence-electron chi connectivity index (χ2n) is 5.05. The topological polar surface area (TPSA) is 17.8 Å². The molecule has 0 spiro atoms. The molecule has 110 valence electrons. The fraction of sp³-hybridized carbons (Fsp3) is 0.800. The van der Waals surface area contributed by atoms with Crippen LogP contribution in [0.25, 0.3) is 0 Å². The third-order valence-corrected chi connectivity index (χ3v) is 4.81. The molecular weight excluding hydrogens is 276 g/mol. The van der Waals surface area contributed by atoms with Gasteiger partial charge in [0.15, 0.2) is 5.16 Å². The van der Waals surface area contributed by atoms with E-state index in [1.165, 1.54) is 57.1 Å². The van der Waals surface area contributed by atoms with Crippen LogP contribution in [0.15, 0.2) is 11.4 Å². The first-order chi connectivity index (χ1) is 9.29. The number of rotatable bonds is 11. The largest absolute Gasteiger partial charge is 0.325 e. The lowest BCUT2D eigenvalue weighted by molar-refractivity contribution is 0.586. The summed E-state index contributed by atoms with van der Waals surface area (Å²) in [5.74, 6) is 1.71. The molecule has 0 aromatic carbocycles. The van der Waals surface area contributed by atoms with E-state index in [1.807, 2.05) is 25.0 Å². The van der Waals surface area contributed by atoms with Crippen molar-refractivity contribution in [1.29, 1.82) is 0 Å². The Balaban J connectivity index is 2.00. The number of halogens is 1. The molecule has 0 N–H and O–H groups in total. The molecule has 0 fully saturated rings. The molecule has 0 atom stereocenters. The molecule has 0 amide bonds. The maximum Gasteiger partial charge on any atom is 0.167 e. The highest BCUT2D eigenvalue weighted by molar-refractivity contribution is 7.99. The van der Waals surface area contributed by atoms with Gasteiger partial charge in [0.25, 0.3) is 0 Å². The summed E-state index contributed by atoms with van der Waals surface area (Å²) in [6.07, 6.45) is 12.9. The Bertz CT molecular complexity index is 339. The fourth-order valence-corrected chi connectivity index (χ4v) is 3.30. The Hall–Kier alpha value is -0.150. The summed E-state index contributed by atoms with van der Waals surface area (Å²) in [5.41, 5.74) is 1.10. The lowest BCUT2D eigenvalue weighted by Gasteiger charge is -2.04. The Kier molecular flexibility index (Phi) is 9.44. The van der Waals surface area contributed by atoms with Crippen molar-refractivity contribution in [3.05, 3.63) is 11.9 Å².